The first-order valence-corrected chi connectivity index (χ1v) is 12.3. The molecule has 1 aromatic carbocycles. The quantitative estimate of drug-likeness (QED) is 0.465. The van der Waals surface area contributed by atoms with Crippen molar-refractivity contribution in [1.29, 1.82) is 0 Å². The van der Waals surface area contributed by atoms with Crippen LogP contribution in [0.4, 0.5) is 0 Å². The predicted octanol–water partition coefficient (Wildman–Crippen LogP) is 6.94. The van der Waals surface area contributed by atoms with Crippen LogP contribution >= 0.6 is 0 Å². The minimum atomic E-state index is 0.517. The molecule has 0 amide bonds. The Balaban J connectivity index is 1.28. The Hall–Kier alpha value is -1.08. The monoisotopic (exact) mass is 377 g/mol. The van der Waals surface area contributed by atoms with E-state index in [1.54, 1.807) is 5.57 Å². The molecule has 6 rings (SSSR count). The number of allylic oxidation sites excluding steroid dienone is 2. The number of unbranched alkanes of at least 4 members (excludes halogenated alkanes) is 2. The summed E-state index contributed by atoms with van der Waals surface area (Å²) in [4.78, 5) is 2.70. The maximum Gasteiger partial charge on any atom is -0.00186 e. The highest BCUT2D eigenvalue weighted by molar-refractivity contribution is 5.71. The number of hydrogen-bond donors (Lipinski definition) is 0. The maximum absolute atomic E-state index is 2.70. The summed E-state index contributed by atoms with van der Waals surface area (Å²) >= 11 is 0. The molecule has 0 N–H and O–H groups in total. The highest BCUT2D eigenvalue weighted by atomic mass is 15.1. The second-order valence-corrected chi connectivity index (χ2v) is 10.6. The summed E-state index contributed by atoms with van der Waals surface area (Å²) in [6.07, 6.45) is 20.1. The highest BCUT2D eigenvalue weighted by Gasteiger charge is 2.52. The Labute approximate surface area is 172 Å². The number of likely N-dealkylation sites (tertiary alicyclic amines) is 1. The van der Waals surface area contributed by atoms with Gasteiger partial charge in [0.15, 0.2) is 0 Å². The number of piperidine rings is 1. The maximum atomic E-state index is 2.70. The Bertz CT molecular complexity index is 631. The SMILES string of the molecule is C(CCCCN1CCCCC1)=C(c1ccccc1)C12CC3CC(CC(C3)C1)C2. The Kier molecular flexibility index (Phi) is 5.64. The summed E-state index contributed by atoms with van der Waals surface area (Å²) in [5, 5.41) is 0. The molecular weight excluding hydrogens is 338 g/mol. The summed E-state index contributed by atoms with van der Waals surface area (Å²) < 4.78 is 0. The van der Waals surface area contributed by atoms with E-state index in [2.05, 4.69) is 41.3 Å². The van der Waals surface area contributed by atoms with Crippen LogP contribution in [-0.4, -0.2) is 24.5 Å². The fourth-order valence-corrected chi connectivity index (χ4v) is 7.61. The second-order valence-electron chi connectivity index (χ2n) is 10.6. The Morgan fingerprint density at radius 3 is 2.14 bits per heavy atom. The van der Waals surface area contributed by atoms with Gasteiger partial charge in [-0.25, -0.2) is 0 Å². The normalized spacial score (nSPS) is 35.4. The summed E-state index contributed by atoms with van der Waals surface area (Å²) in [5.41, 5.74) is 3.79. The standard InChI is InChI=1S/C27H39N/c1-4-10-25(11-5-1)26(12-6-2-7-13-28-14-8-3-9-15-28)27-19-22-16-23(20-27)18-24(17-22)21-27/h1,4-5,10-12,22-24H,2-3,6-9,13-21H2. The lowest BCUT2D eigenvalue weighted by Crippen LogP contribution is -2.46. The molecule has 1 nitrogen and oxygen atoms in total. The van der Waals surface area contributed by atoms with E-state index in [0.717, 1.165) is 17.8 Å². The summed E-state index contributed by atoms with van der Waals surface area (Å²) in [6.45, 7) is 4.02. The summed E-state index contributed by atoms with van der Waals surface area (Å²) in [5.74, 6) is 3.08. The zero-order valence-electron chi connectivity index (χ0n) is 17.7. The van der Waals surface area contributed by atoms with Gasteiger partial charge in [-0.3, -0.25) is 0 Å². The van der Waals surface area contributed by atoms with Crippen LogP contribution in [0.3, 0.4) is 0 Å². The second kappa shape index (κ2) is 8.34. The molecule has 5 aliphatic rings. The molecule has 0 atom stereocenters. The van der Waals surface area contributed by atoms with Crippen molar-refractivity contribution < 1.29 is 0 Å². The van der Waals surface area contributed by atoms with Gasteiger partial charge in [0.05, 0.1) is 0 Å². The predicted molar refractivity (Wildman–Crippen MR) is 119 cm³/mol. The van der Waals surface area contributed by atoms with Crippen LogP contribution in [0.25, 0.3) is 5.57 Å². The fraction of sp³-hybridized carbons (Fsp3) is 0.704. The topological polar surface area (TPSA) is 3.24 Å². The van der Waals surface area contributed by atoms with Gasteiger partial charge in [-0.1, -0.05) is 42.8 Å². The third-order valence-corrected chi connectivity index (χ3v) is 8.42. The van der Waals surface area contributed by atoms with Crippen molar-refractivity contribution >= 4 is 5.57 Å². The minimum Gasteiger partial charge on any atom is -0.303 e. The van der Waals surface area contributed by atoms with Crippen molar-refractivity contribution in [2.75, 3.05) is 19.6 Å². The van der Waals surface area contributed by atoms with Gasteiger partial charge in [0.1, 0.15) is 0 Å². The van der Waals surface area contributed by atoms with Gasteiger partial charge in [-0.2, -0.15) is 0 Å². The van der Waals surface area contributed by atoms with E-state index in [1.807, 2.05) is 0 Å². The average molecular weight is 378 g/mol. The van der Waals surface area contributed by atoms with E-state index in [1.165, 1.54) is 102 Å². The highest BCUT2D eigenvalue weighted by Crippen LogP contribution is 2.64. The fourth-order valence-electron chi connectivity index (χ4n) is 7.61. The van der Waals surface area contributed by atoms with Crippen molar-refractivity contribution in [2.24, 2.45) is 23.2 Å². The van der Waals surface area contributed by atoms with Crippen molar-refractivity contribution in [1.82, 2.24) is 4.90 Å². The first-order valence-electron chi connectivity index (χ1n) is 12.3. The average Bonchev–Trinajstić information content (AvgIpc) is 2.71. The molecule has 5 fully saturated rings. The Morgan fingerprint density at radius 2 is 1.50 bits per heavy atom. The van der Waals surface area contributed by atoms with Crippen LogP contribution < -0.4 is 0 Å². The molecule has 1 heterocycles. The lowest BCUT2D eigenvalue weighted by Gasteiger charge is -2.58. The lowest BCUT2D eigenvalue weighted by molar-refractivity contribution is -0.0178. The molecule has 0 unspecified atom stereocenters. The third-order valence-electron chi connectivity index (χ3n) is 8.42. The molecule has 28 heavy (non-hydrogen) atoms. The van der Waals surface area contributed by atoms with E-state index in [4.69, 9.17) is 0 Å². The van der Waals surface area contributed by atoms with Gasteiger partial charge in [0, 0.05) is 0 Å². The molecule has 152 valence electrons. The molecule has 0 radical (unpaired) electrons. The van der Waals surface area contributed by atoms with Crippen molar-refractivity contribution in [2.45, 2.75) is 77.0 Å². The molecule has 0 aromatic heterocycles. The van der Waals surface area contributed by atoms with Crippen molar-refractivity contribution in [3.8, 4) is 0 Å². The van der Waals surface area contributed by atoms with E-state index < -0.39 is 0 Å². The van der Waals surface area contributed by atoms with Crippen LogP contribution in [0.5, 0.6) is 0 Å². The number of benzene rings is 1. The van der Waals surface area contributed by atoms with Gasteiger partial charge >= 0.3 is 0 Å². The van der Waals surface area contributed by atoms with E-state index in [-0.39, 0.29) is 0 Å². The van der Waals surface area contributed by atoms with E-state index in [9.17, 15) is 0 Å². The zero-order chi connectivity index (χ0) is 18.8. The van der Waals surface area contributed by atoms with E-state index in [0.29, 0.717) is 5.41 Å². The first-order chi connectivity index (χ1) is 13.8. The van der Waals surface area contributed by atoms with Crippen molar-refractivity contribution in [3.63, 3.8) is 0 Å². The molecule has 1 aliphatic heterocycles. The molecule has 1 aromatic rings. The van der Waals surface area contributed by atoms with Crippen LogP contribution in [0.15, 0.2) is 36.4 Å². The van der Waals surface area contributed by atoms with Crippen LogP contribution in [0.1, 0.15) is 82.6 Å². The van der Waals surface area contributed by atoms with Gasteiger partial charge in [0.25, 0.3) is 0 Å². The molecular formula is C27H39N. The van der Waals surface area contributed by atoms with Crippen LogP contribution in [0, 0.1) is 23.2 Å². The molecule has 0 spiro atoms. The van der Waals surface area contributed by atoms with Crippen LogP contribution in [0.2, 0.25) is 0 Å². The summed E-state index contributed by atoms with van der Waals surface area (Å²) in [6, 6.07) is 11.5. The van der Waals surface area contributed by atoms with Gasteiger partial charge < -0.3 is 4.90 Å². The third kappa shape index (κ3) is 3.97. The molecule has 1 heteroatoms. The van der Waals surface area contributed by atoms with Crippen molar-refractivity contribution in [3.05, 3.63) is 42.0 Å². The van der Waals surface area contributed by atoms with Gasteiger partial charge in [-0.15, -0.1) is 0 Å². The smallest absolute Gasteiger partial charge is 0.00186 e. The first kappa shape index (κ1) is 18.9. The Morgan fingerprint density at radius 1 is 0.857 bits per heavy atom. The minimum absolute atomic E-state index is 0.517. The molecule has 1 saturated heterocycles. The largest absolute Gasteiger partial charge is 0.303 e. The molecule has 4 aliphatic carbocycles. The molecule has 4 saturated carbocycles. The molecule has 4 bridgehead atoms. The lowest BCUT2D eigenvalue weighted by atomic mass is 9.47. The number of hydrogen-bond acceptors (Lipinski definition) is 1. The van der Waals surface area contributed by atoms with E-state index >= 15 is 0 Å². The van der Waals surface area contributed by atoms with Gasteiger partial charge in [0.2, 0.25) is 0 Å². The number of nitrogens with zero attached hydrogens (tertiary/aromatic N) is 1. The van der Waals surface area contributed by atoms with Crippen LogP contribution in [-0.2, 0) is 0 Å². The summed E-state index contributed by atoms with van der Waals surface area (Å²) in [7, 11) is 0. The number of rotatable bonds is 7. The van der Waals surface area contributed by atoms with Gasteiger partial charge in [-0.05, 0) is 125 Å². The zero-order valence-corrected chi connectivity index (χ0v) is 17.7.